The summed E-state index contributed by atoms with van der Waals surface area (Å²) in [5.74, 6) is -3.10. The van der Waals surface area contributed by atoms with Gasteiger partial charge in [-0.25, -0.2) is 4.79 Å². The van der Waals surface area contributed by atoms with Crippen LogP contribution in [0, 0.1) is 0 Å². The molecule has 0 aliphatic carbocycles. The molecule has 1 aliphatic heterocycles. The number of ether oxygens (including phenoxy) is 5. The van der Waals surface area contributed by atoms with Gasteiger partial charge in [0.1, 0.15) is 12.7 Å². The van der Waals surface area contributed by atoms with E-state index in [0.717, 1.165) is 25.5 Å². The van der Waals surface area contributed by atoms with Crippen molar-refractivity contribution >= 4 is 52.2 Å². The standard InChI is InChI=1S/C19H22N6O10S/c1-5-31-18(30)12-11-13(24(22-12)19(20)36)16(29)25(23-21-11)17-15(34-9(4)28)14(33-8(3)27)10(35-17)6-32-7(2)26/h10,14-15,17H,5-6H2,1-4H3,(H2,20,36). The fourth-order valence-corrected chi connectivity index (χ4v) is 3.62. The molecule has 4 unspecified atom stereocenters. The van der Waals surface area contributed by atoms with Crippen LogP contribution in [0.1, 0.15) is 44.4 Å². The molecule has 0 saturated carbocycles. The summed E-state index contributed by atoms with van der Waals surface area (Å²) in [4.78, 5) is 60.7. The van der Waals surface area contributed by atoms with Crippen molar-refractivity contribution in [3.8, 4) is 0 Å². The quantitative estimate of drug-likeness (QED) is 0.249. The fourth-order valence-electron chi connectivity index (χ4n) is 3.49. The lowest BCUT2D eigenvalue weighted by Crippen LogP contribution is -2.42. The number of nitrogens with zero attached hydrogens (tertiary/aromatic N) is 5. The van der Waals surface area contributed by atoms with E-state index in [1.54, 1.807) is 6.92 Å². The Hall–Kier alpha value is -3.99. The van der Waals surface area contributed by atoms with Gasteiger partial charge < -0.3 is 29.4 Å². The molecular formula is C19H22N6O10S. The highest BCUT2D eigenvalue weighted by Gasteiger charge is 2.51. The lowest BCUT2D eigenvalue weighted by molar-refractivity contribution is -0.166. The van der Waals surface area contributed by atoms with Crippen LogP contribution in [0.25, 0.3) is 11.0 Å². The maximum absolute atomic E-state index is 13.5. The van der Waals surface area contributed by atoms with Gasteiger partial charge in [0.2, 0.25) is 0 Å². The third kappa shape index (κ3) is 5.30. The van der Waals surface area contributed by atoms with Crippen LogP contribution in [-0.2, 0) is 38.1 Å². The molecule has 2 N–H and O–H groups in total. The highest BCUT2D eigenvalue weighted by molar-refractivity contribution is 7.80. The van der Waals surface area contributed by atoms with Crippen molar-refractivity contribution < 1.29 is 42.9 Å². The van der Waals surface area contributed by atoms with E-state index in [1.807, 2.05) is 0 Å². The van der Waals surface area contributed by atoms with Crippen LogP contribution in [0.5, 0.6) is 0 Å². The van der Waals surface area contributed by atoms with Crippen LogP contribution >= 0.6 is 12.2 Å². The minimum absolute atomic E-state index is 0.0198. The van der Waals surface area contributed by atoms with Gasteiger partial charge in [0, 0.05) is 20.8 Å². The average molecular weight is 526 g/mol. The third-order valence-corrected chi connectivity index (χ3v) is 4.94. The molecule has 2 aromatic heterocycles. The Labute approximate surface area is 207 Å². The van der Waals surface area contributed by atoms with Crippen molar-refractivity contribution in [1.29, 1.82) is 0 Å². The van der Waals surface area contributed by atoms with Gasteiger partial charge in [-0.15, -0.1) is 5.10 Å². The van der Waals surface area contributed by atoms with Gasteiger partial charge >= 0.3 is 23.9 Å². The number of aromatic nitrogens is 5. The molecule has 3 rings (SSSR count). The van der Waals surface area contributed by atoms with E-state index in [1.165, 1.54) is 0 Å². The van der Waals surface area contributed by atoms with Gasteiger partial charge in [-0.1, -0.05) is 5.21 Å². The smallest absolute Gasteiger partial charge is 0.361 e. The molecular weight excluding hydrogens is 504 g/mol. The van der Waals surface area contributed by atoms with Crippen molar-refractivity contribution in [3.05, 3.63) is 16.0 Å². The first kappa shape index (κ1) is 26.6. The van der Waals surface area contributed by atoms with E-state index >= 15 is 0 Å². The molecule has 4 atom stereocenters. The van der Waals surface area contributed by atoms with Gasteiger partial charge in [-0.2, -0.15) is 14.5 Å². The topological polar surface area (TPSA) is 206 Å². The Morgan fingerprint density at radius 3 is 2.25 bits per heavy atom. The SMILES string of the molecule is CCOC(=O)c1nn(C(N)=S)c2c(=O)n(C3OC(COC(C)=O)C(OC(C)=O)C3OC(C)=O)nnc12. The Bertz CT molecular complexity index is 1290. The number of rotatable bonds is 7. The molecule has 194 valence electrons. The van der Waals surface area contributed by atoms with E-state index in [4.69, 9.17) is 41.6 Å². The first-order valence-corrected chi connectivity index (χ1v) is 10.8. The van der Waals surface area contributed by atoms with Gasteiger partial charge in [0.05, 0.1) is 6.61 Å². The molecule has 0 bridgehead atoms. The van der Waals surface area contributed by atoms with Crippen LogP contribution in [-0.4, -0.2) is 85.3 Å². The Kier molecular flexibility index (Phi) is 7.93. The van der Waals surface area contributed by atoms with Crippen LogP contribution in [0.2, 0.25) is 0 Å². The fraction of sp³-hybridized carbons (Fsp3) is 0.526. The lowest BCUT2D eigenvalue weighted by Gasteiger charge is -2.23. The summed E-state index contributed by atoms with van der Waals surface area (Å²) in [7, 11) is 0. The van der Waals surface area contributed by atoms with E-state index in [-0.39, 0.29) is 28.4 Å². The minimum atomic E-state index is -1.50. The second kappa shape index (κ2) is 10.7. The molecule has 1 saturated heterocycles. The Morgan fingerprint density at radius 1 is 1.06 bits per heavy atom. The first-order chi connectivity index (χ1) is 17.0. The number of hydrogen-bond acceptors (Lipinski definition) is 14. The molecule has 1 fully saturated rings. The monoisotopic (exact) mass is 526 g/mol. The van der Waals surface area contributed by atoms with Crippen LogP contribution in [0.4, 0.5) is 0 Å². The molecule has 1 aliphatic rings. The van der Waals surface area contributed by atoms with Crippen LogP contribution < -0.4 is 11.3 Å². The van der Waals surface area contributed by atoms with Gasteiger partial charge in [-0.05, 0) is 19.1 Å². The molecule has 0 aromatic carbocycles. The average Bonchev–Trinajstić information content (AvgIpc) is 3.32. The summed E-state index contributed by atoms with van der Waals surface area (Å²) in [6.45, 7) is 4.54. The zero-order chi connectivity index (χ0) is 26.7. The van der Waals surface area contributed by atoms with Crippen molar-refractivity contribution in [2.45, 2.75) is 52.2 Å². The van der Waals surface area contributed by atoms with Crippen molar-refractivity contribution in [2.75, 3.05) is 13.2 Å². The maximum atomic E-state index is 13.5. The molecule has 0 spiro atoms. The number of thiocarbonyl (C=S) groups is 1. The van der Waals surface area contributed by atoms with Crippen LogP contribution in [0.3, 0.4) is 0 Å². The largest absolute Gasteiger partial charge is 0.463 e. The third-order valence-electron chi connectivity index (χ3n) is 4.77. The molecule has 0 amide bonds. The van der Waals surface area contributed by atoms with Gasteiger partial charge in [0.15, 0.2) is 40.3 Å². The number of fused-ring (bicyclic) bond motifs is 1. The normalized spacial score (nSPS) is 21.1. The van der Waals surface area contributed by atoms with E-state index in [2.05, 4.69) is 15.4 Å². The van der Waals surface area contributed by atoms with Gasteiger partial charge in [0.25, 0.3) is 5.56 Å². The minimum Gasteiger partial charge on any atom is -0.463 e. The van der Waals surface area contributed by atoms with E-state index in [9.17, 15) is 24.0 Å². The van der Waals surface area contributed by atoms with E-state index in [0.29, 0.717) is 4.68 Å². The number of esters is 4. The molecule has 17 heteroatoms. The number of carbonyl (C=O) groups excluding carboxylic acids is 4. The summed E-state index contributed by atoms with van der Waals surface area (Å²) < 4.78 is 27.7. The maximum Gasteiger partial charge on any atom is 0.361 e. The number of nitrogens with two attached hydrogens (primary N) is 1. The highest BCUT2D eigenvalue weighted by atomic mass is 32.1. The molecule has 0 radical (unpaired) electrons. The Balaban J connectivity index is 2.16. The predicted molar refractivity (Wildman–Crippen MR) is 119 cm³/mol. The highest BCUT2D eigenvalue weighted by Crippen LogP contribution is 2.33. The second-order valence-electron chi connectivity index (χ2n) is 7.37. The van der Waals surface area contributed by atoms with Gasteiger partial charge in [-0.3, -0.25) is 19.2 Å². The zero-order valence-corrected chi connectivity index (χ0v) is 20.3. The summed E-state index contributed by atoms with van der Waals surface area (Å²) >= 11 is 4.94. The summed E-state index contributed by atoms with van der Waals surface area (Å²) in [6, 6.07) is 0. The lowest BCUT2D eigenvalue weighted by atomic mass is 10.1. The summed E-state index contributed by atoms with van der Waals surface area (Å²) in [5.41, 5.74) is 3.80. The summed E-state index contributed by atoms with van der Waals surface area (Å²) in [5, 5.41) is 11.2. The molecule has 3 heterocycles. The van der Waals surface area contributed by atoms with Crippen LogP contribution in [0.15, 0.2) is 4.79 Å². The molecule has 16 nitrogen and oxygen atoms in total. The van der Waals surface area contributed by atoms with Crippen molar-refractivity contribution in [3.63, 3.8) is 0 Å². The zero-order valence-electron chi connectivity index (χ0n) is 19.5. The van der Waals surface area contributed by atoms with Crippen molar-refractivity contribution in [2.24, 2.45) is 5.73 Å². The molecule has 36 heavy (non-hydrogen) atoms. The Morgan fingerprint density at radius 2 is 1.69 bits per heavy atom. The number of carbonyl (C=O) groups is 4. The first-order valence-electron chi connectivity index (χ1n) is 10.4. The molecule has 2 aromatic rings. The van der Waals surface area contributed by atoms with E-state index < -0.39 is 60.6 Å². The van der Waals surface area contributed by atoms with Crippen molar-refractivity contribution in [1.82, 2.24) is 24.8 Å². The summed E-state index contributed by atoms with van der Waals surface area (Å²) in [6.07, 6.45) is -5.33. The number of hydrogen-bond donors (Lipinski definition) is 1. The predicted octanol–water partition coefficient (Wildman–Crippen LogP) is -1.42. The second-order valence-corrected chi connectivity index (χ2v) is 7.79.